The molecule has 21 heavy (non-hydrogen) atoms. The van der Waals surface area contributed by atoms with Crippen molar-refractivity contribution in [1.29, 1.82) is 0 Å². The smallest absolute Gasteiger partial charge is 0.0459 e. The highest BCUT2D eigenvalue weighted by atomic mass is 35.5. The molecule has 0 saturated carbocycles. The number of nitrogens with zero attached hydrogens (tertiary/aromatic N) is 1. The third-order valence-corrected chi connectivity index (χ3v) is 4.20. The zero-order chi connectivity index (χ0) is 15.4. The molecule has 2 nitrogen and oxygen atoms in total. The Balaban J connectivity index is 2.21. The molecule has 0 spiro atoms. The van der Waals surface area contributed by atoms with Crippen LogP contribution in [0.2, 0.25) is 5.02 Å². The van der Waals surface area contributed by atoms with Gasteiger partial charge >= 0.3 is 0 Å². The third-order valence-electron chi connectivity index (χ3n) is 3.85. The average molecular weight is 303 g/mol. The highest BCUT2D eigenvalue weighted by Gasteiger charge is 2.09. The Labute approximate surface area is 132 Å². The minimum atomic E-state index is 0.170. The molecule has 0 aliphatic heterocycles. The number of nitrogens with two attached hydrogens (primary N) is 1. The zero-order valence-electron chi connectivity index (χ0n) is 12.9. The van der Waals surface area contributed by atoms with Gasteiger partial charge in [-0.1, -0.05) is 42.3 Å². The molecule has 1 unspecified atom stereocenters. The van der Waals surface area contributed by atoms with E-state index in [0.29, 0.717) is 0 Å². The van der Waals surface area contributed by atoms with E-state index in [0.717, 1.165) is 34.8 Å². The van der Waals surface area contributed by atoms with Crippen LogP contribution in [0.3, 0.4) is 0 Å². The topological polar surface area (TPSA) is 29.3 Å². The number of aryl methyl sites for hydroxylation is 1. The van der Waals surface area contributed by atoms with Gasteiger partial charge in [-0.2, -0.15) is 0 Å². The van der Waals surface area contributed by atoms with Crippen molar-refractivity contribution in [2.75, 3.05) is 11.9 Å². The SMILES string of the molecule is CCC(N)Cc1ccc(N(C)c2ccc(C)cc2)cc1Cl. The standard InChI is InChI=1S/C18H23ClN2/c1-4-15(20)11-14-7-10-17(12-18(14)19)21(3)16-8-5-13(2)6-9-16/h5-10,12,15H,4,11,20H2,1-3H3. The van der Waals surface area contributed by atoms with Gasteiger partial charge in [0.05, 0.1) is 0 Å². The van der Waals surface area contributed by atoms with Crippen LogP contribution in [0.4, 0.5) is 11.4 Å². The summed E-state index contributed by atoms with van der Waals surface area (Å²) in [5.74, 6) is 0. The number of hydrogen-bond acceptors (Lipinski definition) is 2. The van der Waals surface area contributed by atoms with Crippen LogP contribution in [0.15, 0.2) is 42.5 Å². The van der Waals surface area contributed by atoms with Gasteiger partial charge < -0.3 is 10.6 Å². The van der Waals surface area contributed by atoms with Crippen LogP contribution in [0.5, 0.6) is 0 Å². The molecule has 2 rings (SSSR count). The Morgan fingerprint density at radius 1 is 1.10 bits per heavy atom. The lowest BCUT2D eigenvalue weighted by Crippen LogP contribution is -2.21. The summed E-state index contributed by atoms with van der Waals surface area (Å²) >= 11 is 6.40. The molecular weight excluding hydrogens is 280 g/mol. The summed E-state index contributed by atoms with van der Waals surface area (Å²) in [6.45, 7) is 4.19. The molecule has 3 heteroatoms. The van der Waals surface area contributed by atoms with E-state index in [-0.39, 0.29) is 6.04 Å². The van der Waals surface area contributed by atoms with Crippen molar-refractivity contribution in [3.63, 3.8) is 0 Å². The summed E-state index contributed by atoms with van der Waals surface area (Å²) in [6.07, 6.45) is 1.78. The lowest BCUT2D eigenvalue weighted by Gasteiger charge is -2.21. The summed E-state index contributed by atoms with van der Waals surface area (Å²) in [5.41, 5.74) is 10.6. The van der Waals surface area contributed by atoms with E-state index in [9.17, 15) is 0 Å². The van der Waals surface area contributed by atoms with E-state index in [2.05, 4.69) is 55.1 Å². The summed E-state index contributed by atoms with van der Waals surface area (Å²) < 4.78 is 0. The van der Waals surface area contributed by atoms with Crippen molar-refractivity contribution >= 4 is 23.0 Å². The van der Waals surface area contributed by atoms with Crippen LogP contribution in [0, 0.1) is 6.92 Å². The predicted octanol–water partition coefficient (Wildman–Crippen LogP) is 4.70. The van der Waals surface area contributed by atoms with Crippen molar-refractivity contribution in [3.8, 4) is 0 Å². The first-order valence-electron chi connectivity index (χ1n) is 7.35. The first-order chi connectivity index (χ1) is 10.0. The molecule has 0 radical (unpaired) electrons. The Morgan fingerprint density at radius 2 is 1.71 bits per heavy atom. The van der Waals surface area contributed by atoms with Gasteiger partial charge in [0.15, 0.2) is 0 Å². The number of hydrogen-bond donors (Lipinski definition) is 1. The molecule has 0 fully saturated rings. The average Bonchev–Trinajstić information content (AvgIpc) is 2.49. The molecule has 0 saturated heterocycles. The summed E-state index contributed by atoms with van der Waals surface area (Å²) in [4.78, 5) is 2.13. The number of anilines is 2. The molecule has 0 amide bonds. The van der Waals surface area contributed by atoms with E-state index in [1.807, 2.05) is 13.1 Å². The number of rotatable bonds is 5. The normalized spacial score (nSPS) is 12.2. The van der Waals surface area contributed by atoms with Crippen LogP contribution in [0.25, 0.3) is 0 Å². The van der Waals surface area contributed by atoms with Gasteiger partial charge in [-0.05, 0) is 49.6 Å². The largest absolute Gasteiger partial charge is 0.345 e. The first kappa shape index (κ1) is 15.9. The fourth-order valence-corrected chi connectivity index (χ4v) is 2.51. The van der Waals surface area contributed by atoms with Gasteiger partial charge in [0, 0.05) is 29.5 Å². The molecule has 0 aliphatic rings. The first-order valence-corrected chi connectivity index (χ1v) is 7.73. The molecule has 112 valence electrons. The van der Waals surface area contributed by atoms with E-state index >= 15 is 0 Å². The lowest BCUT2D eigenvalue weighted by atomic mass is 10.0. The van der Waals surface area contributed by atoms with Crippen LogP contribution in [-0.2, 0) is 6.42 Å². The van der Waals surface area contributed by atoms with Crippen molar-refractivity contribution in [3.05, 3.63) is 58.6 Å². The van der Waals surface area contributed by atoms with Gasteiger partial charge in [-0.3, -0.25) is 0 Å². The maximum atomic E-state index is 6.40. The second-order valence-electron chi connectivity index (χ2n) is 5.54. The fraction of sp³-hybridized carbons (Fsp3) is 0.333. The lowest BCUT2D eigenvalue weighted by molar-refractivity contribution is 0.646. The monoisotopic (exact) mass is 302 g/mol. The van der Waals surface area contributed by atoms with E-state index in [4.69, 9.17) is 17.3 Å². The minimum absolute atomic E-state index is 0.170. The Hall–Kier alpha value is -1.51. The number of halogens is 1. The van der Waals surface area contributed by atoms with Crippen molar-refractivity contribution in [2.45, 2.75) is 32.7 Å². The quantitative estimate of drug-likeness (QED) is 0.867. The molecule has 0 aliphatic carbocycles. The molecule has 0 bridgehead atoms. The maximum Gasteiger partial charge on any atom is 0.0459 e. The summed E-state index contributed by atoms with van der Waals surface area (Å²) in [5, 5.41) is 0.787. The van der Waals surface area contributed by atoms with Crippen molar-refractivity contribution < 1.29 is 0 Å². The maximum absolute atomic E-state index is 6.40. The van der Waals surface area contributed by atoms with Crippen LogP contribution >= 0.6 is 11.6 Å². The minimum Gasteiger partial charge on any atom is -0.345 e. The van der Waals surface area contributed by atoms with E-state index in [1.165, 1.54) is 5.56 Å². The van der Waals surface area contributed by atoms with E-state index < -0.39 is 0 Å². The zero-order valence-corrected chi connectivity index (χ0v) is 13.7. The Morgan fingerprint density at radius 3 is 2.29 bits per heavy atom. The molecular formula is C18H23ClN2. The second-order valence-corrected chi connectivity index (χ2v) is 5.95. The van der Waals surface area contributed by atoms with Crippen LogP contribution in [-0.4, -0.2) is 13.1 Å². The predicted molar refractivity (Wildman–Crippen MR) is 92.7 cm³/mol. The molecule has 0 aromatic heterocycles. The third kappa shape index (κ3) is 3.99. The van der Waals surface area contributed by atoms with Gasteiger partial charge in [-0.15, -0.1) is 0 Å². The summed E-state index contributed by atoms with van der Waals surface area (Å²) in [6, 6.07) is 14.8. The van der Waals surface area contributed by atoms with Crippen LogP contribution in [0.1, 0.15) is 24.5 Å². The molecule has 2 N–H and O–H groups in total. The molecule has 2 aromatic carbocycles. The highest BCUT2D eigenvalue weighted by Crippen LogP contribution is 2.28. The van der Waals surface area contributed by atoms with Crippen molar-refractivity contribution in [2.24, 2.45) is 5.73 Å². The Bertz CT molecular complexity index is 593. The number of benzene rings is 2. The Kier molecular flexibility index (Phi) is 5.27. The van der Waals surface area contributed by atoms with Gasteiger partial charge in [-0.25, -0.2) is 0 Å². The second kappa shape index (κ2) is 6.97. The van der Waals surface area contributed by atoms with Crippen LogP contribution < -0.4 is 10.6 Å². The molecule has 2 aromatic rings. The van der Waals surface area contributed by atoms with E-state index in [1.54, 1.807) is 0 Å². The highest BCUT2D eigenvalue weighted by molar-refractivity contribution is 6.31. The fourth-order valence-electron chi connectivity index (χ4n) is 2.25. The van der Waals surface area contributed by atoms with Gasteiger partial charge in [0.1, 0.15) is 0 Å². The molecule has 0 heterocycles. The van der Waals surface area contributed by atoms with Crippen molar-refractivity contribution in [1.82, 2.24) is 0 Å². The van der Waals surface area contributed by atoms with Gasteiger partial charge in [0.25, 0.3) is 0 Å². The van der Waals surface area contributed by atoms with Gasteiger partial charge in [0.2, 0.25) is 0 Å². The molecule has 1 atom stereocenters. The summed E-state index contributed by atoms with van der Waals surface area (Å²) in [7, 11) is 2.05.